The van der Waals surface area contributed by atoms with Crippen molar-refractivity contribution in [3.8, 4) is 5.75 Å². The molecular weight excluding hydrogens is 454 g/mol. The van der Waals surface area contributed by atoms with E-state index in [2.05, 4.69) is 10.6 Å². The van der Waals surface area contributed by atoms with Gasteiger partial charge in [0.2, 0.25) is 0 Å². The topological polar surface area (TPSA) is 89.1 Å². The number of rotatable bonds is 6. The minimum absolute atomic E-state index is 0.0240. The monoisotopic (exact) mass is 481 g/mol. The molecule has 2 aromatic carbocycles. The van der Waals surface area contributed by atoms with Gasteiger partial charge in [0.25, 0.3) is 5.91 Å². The van der Waals surface area contributed by atoms with Crippen LogP contribution >= 0.6 is 12.2 Å². The maximum atomic E-state index is 13.3. The van der Waals surface area contributed by atoms with E-state index in [-0.39, 0.29) is 17.9 Å². The van der Waals surface area contributed by atoms with Gasteiger partial charge in [-0.25, -0.2) is 4.79 Å². The summed E-state index contributed by atoms with van der Waals surface area (Å²) in [6.07, 6.45) is 0. The Morgan fingerprint density at radius 3 is 2.41 bits per heavy atom. The maximum Gasteiger partial charge on any atom is 0.337 e. The molecule has 2 heterocycles. The van der Waals surface area contributed by atoms with Gasteiger partial charge < -0.3 is 29.7 Å². The van der Waals surface area contributed by atoms with Crippen LogP contribution in [0.15, 0.2) is 59.8 Å². The van der Waals surface area contributed by atoms with Crippen molar-refractivity contribution >= 4 is 29.2 Å². The number of nitrogens with zero attached hydrogens (tertiary/aromatic N) is 1. The molecule has 1 saturated heterocycles. The lowest BCUT2D eigenvalue weighted by Crippen LogP contribution is -2.49. The van der Waals surface area contributed by atoms with Crippen LogP contribution in [0.5, 0.6) is 5.75 Å². The van der Waals surface area contributed by atoms with Crippen LogP contribution in [0, 0.1) is 0 Å². The summed E-state index contributed by atoms with van der Waals surface area (Å²) in [5.41, 5.74) is 3.73. The summed E-state index contributed by atoms with van der Waals surface area (Å²) >= 11 is 5.36. The number of carbonyl (C=O) groups is 2. The first-order valence-corrected chi connectivity index (χ1v) is 11.4. The predicted octanol–water partition coefficient (Wildman–Crippen LogP) is 2.70. The molecule has 2 aliphatic heterocycles. The summed E-state index contributed by atoms with van der Waals surface area (Å²) < 4.78 is 16.0. The Labute approximate surface area is 203 Å². The van der Waals surface area contributed by atoms with E-state index in [0.29, 0.717) is 54.9 Å². The molecule has 2 N–H and O–H groups in total. The zero-order valence-corrected chi connectivity index (χ0v) is 19.9. The van der Waals surface area contributed by atoms with E-state index in [1.165, 1.54) is 7.11 Å². The smallest absolute Gasteiger partial charge is 0.337 e. The van der Waals surface area contributed by atoms with E-state index in [4.69, 9.17) is 26.4 Å². The van der Waals surface area contributed by atoms with Gasteiger partial charge in [-0.2, -0.15) is 0 Å². The molecule has 8 nitrogen and oxygen atoms in total. The van der Waals surface area contributed by atoms with Gasteiger partial charge in [-0.3, -0.25) is 4.79 Å². The summed E-state index contributed by atoms with van der Waals surface area (Å²) in [5, 5.41) is 6.80. The Bertz CT molecular complexity index is 1090. The molecule has 0 saturated carbocycles. The second-order valence-corrected chi connectivity index (χ2v) is 8.43. The number of amides is 1. The largest absolute Gasteiger partial charge is 0.489 e. The number of carbonyl (C=O) groups excluding carboxylic acids is 2. The molecule has 1 fully saturated rings. The van der Waals surface area contributed by atoms with Gasteiger partial charge in [-0.1, -0.05) is 24.3 Å². The van der Waals surface area contributed by atoms with Crippen LogP contribution in [0.1, 0.15) is 34.5 Å². The average molecular weight is 482 g/mol. The summed E-state index contributed by atoms with van der Waals surface area (Å²) in [6, 6.07) is 14.3. The molecule has 1 amide bonds. The number of benzene rings is 2. The van der Waals surface area contributed by atoms with E-state index in [1.54, 1.807) is 12.1 Å². The van der Waals surface area contributed by atoms with Gasteiger partial charge in [-0.15, -0.1) is 0 Å². The van der Waals surface area contributed by atoms with Gasteiger partial charge in [0.15, 0.2) is 5.11 Å². The van der Waals surface area contributed by atoms with Crippen molar-refractivity contribution in [2.45, 2.75) is 19.6 Å². The zero-order chi connectivity index (χ0) is 24.1. The number of morpholine rings is 1. The fraction of sp³-hybridized carbons (Fsp3) is 0.320. The van der Waals surface area contributed by atoms with Gasteiger partial charge in [0, 0.05) is 18.8 Å². The Morgan fingerprint density at radius 2 is 1.76 bits per heavy atom. The Hall–Kier alpha value is -3.43. The summed E-state index contributed by atoms with van der Waals surface area (Å²) in [6.45, 7) is 4.45. The third-order valence-electron chi connectivity index (χ3n) is 5.79. The summed E-state index contributed by atoms with van der Waals surface area (Å²) in [5.74, 6) is 0.299. The highest BCUT2D eigenvalue weighted by atomic mass is 32.1. The van der Waals surface area contributed by atoms with Gasteiger partial charge in [0.1, 0.15) is 12.4 Å². The Kier molecular flexibility index (Phi) is 7.44. The van der Waals surface area contributed by atoms with Crippen LogP contribution in [0.4, 0.5) is 0 Å². The van der Waals surface area contributed by atoms with Crippen LogP contribution in [-0.4, -0.2) is 55.3 Å². The highest BCUT2D eigenvalue weighted by molar-refractivity contribution is 7.80. The second kappa shape index (κ2) is 10.7. The fourth-order valence-corrected chi connectivity index (χ4v) is 4.21. The van der Waals surface area contributed by atoms with Gasteiger partial charge >= 0.3 is 5.97 Å². The lowest BCUT2D eigenvalue weighted by molar-refractivity contribution is -0.131. The molecule has 0 aliphatic carbocycles. The van der Waals surface area contributed by atoms with Crippen molar-refractivity contribution in [2.75, 3.05) is 33.4 Å². The molecule has 34 heavy (non-hydrogen) atoms. The second-order valence-electron chi connectivity index (χ2n) is 8.02. The van der Waals surface area contributed by atoms with Crippen LogP contribution in [-0.2, 0) is 20.9 Å². The lowest BCUT2D eigenvalue weighted by atomic mass is 9.94. The number of ether oxygens (including phenoxy) is 3. The molecule has 1 atom stereocenters. The minimum atomic E-state index is -0.371. The predicted molar refractivity (Wildman–Crippen MR) is 130 cm³/mol. The van der Waals surface area contributed by atoms with Crippen molar-refractivity contribution in [3.05, 3.63) is 76.5 Å². The molecule has 0 radical (unpaired) electrons. The quantitative estimate of drug-likeness (QED) is 0.481. The number of hydrogen-bond donors (Lipinski definition) is 2. The van der Waals surface area contributed by atoms with Gasteiger partial charge in [-0.05, 0) is 54.5 Å². The van der Waals surface area contributed by atoms with E-state index in [0.717, 1.165) is 16.8 Å². The first-order chi connectivity index (χ1) is 16.5. The Morgan fingerprint density at radius 1 is 1.09 bits per heavy atom. The summed E-state index contributed by atoms with van der Waals surface area (Å²) in [7, 11) is 1.36. The molecule has 0 unspecified atom stereocenters. The molecule has 178 valence electrons. The molecule has 2 aliphatic rings. The standard InChI is InChI=1S/C25H27N3O5S/c1-16-21(23(29)28-11-13-32-14-12-28)22(27-25(34)26-16)18-7-9-20(10-8-18)33-15-17-3-5-19(6-4-17)24(30)31-2/h3-10,22H,11-15H2,1-2H3,(H2,26,27,34)/t22-/m1/s1. The van der Waals surface area contributed by atoms with Crippen LogP contribution in [0.2, 0.25) is 0 Å². The number of methoxy groups -OCH3 is 1. The van der Waals surface area contributed by atoms with E-state index < -0.39 is 0 Å². The lowest BCUT2D eigenvalue weighted by Gasteiger charge is -2.34. The molecule has 2 aromatic rings. The zero-order valence-electron chi connectivity index (χ0n) is 19.1. The molecule has 4 rings (SSSR count). The Balaban J connectivity index is 1.46. The van der Waals surface area contributed by atoms with Crippen molar-refractivity contribution in [2.24, 2.45) is 0 Å². The van der Waals surface area contributed by atoms with Crippen molar-refractivity contribution in [3.63, 3.8) is 0 Å². The van der Waals surface area contributed by atoms with Crippen molar-refractivity contribution < 1.29 is 23.8 Å². The highest BCUT2D eigenvalue weighted by Gasteiger charge is 2.33. The third-order valence-corrected chi connectivity index (χ3v) is 6.01. The number of allylic oxidation sites excluding steroid dienone is 1. The SMILES string of the molecule is COC(=O)c1ccc(COc2ccc([C@H]3NC(=S)NC(C)=C3C(=O)N3CCOCC3)cc2)cc1. The molecule has 0 aromatic heterocycles. The average Bonchev–Trinajstić information content (AvgIpc) is 2.87. The summed E-state index contributed by atoms with van der Waals surface area (Å²) in [4.78, 5) is 26.7. The van der Waals surface area contributed by atoms with E-state index in [1.807, 2.05) is 48.2 Å². The molecule has 0 spiro atoms. The number of nitrogens with one attached hydrogen (secondary N) is 2. The minimum Gasteiger partial charge on any atom is -0.489 e. The van der Waals surface area contributed by atoms with Crippen LogP contribution in [0.25, 0.3) is 0 Å². The molecule has 9 heteroatoms. The fourth-order valence-electron chi connectivity index (χ4n) is 3.94. The molecular formula is C25H27N3O5S. The number of hydrogen-bond acceptors (Lipinski definition) is 6. The highest BCUT2D eigenvalue weighted by Crippen LogP contribution is 2.30. The number of esters is 1. The normalized spacial score (nSPS) is 18.1. The van der Waals surface area contributed by atoms with E-state index in [9.17, 15) is 9.59 Å². The maximum absolute atomic E-state index is 13.3. The van der Waals surface area contributed by atoms with Crippen LogP contribution < -0.4 is 15.4 Å². The van der Waals surface area contributed by atoms with E-state index >= 15 is 0 Å². The molecule has 0 bridgehead atoms. The first-order valence-electron chi connectivity index (χ1n) is 11.0. The third kappa shape index (κ3) is 5.37. The first kappa shape index (κ1) is 23.7. The number of thiocarbonyl (C=S) groups is 1. The van der Waals surface area contributed by atoms with Crippen molar-refractivity contribution in [1.29, 1.82) is 0 Å². The van der Waals surface area contributed by atoms with Gasteiger partial charge in [0.05, 0.1) is 37.5 Å². The van der Waals surface area contributed by atoms with Crippen molar-refractivity contribution in [1.82, 2.24) is 15.5 Å². The van der Waals surface area contributed by atoms with Crippen LogP contribution in [0.3, 0.4) is 0 Å².